The first-order valence-corrected chi connectivity index (χ1v) is 8.75. The fourth-order valence-electron chi connectivity index (χ4n) is 2.85. The van der Waals surface area contributed by atoms with Gasteiger partial charge in [-0.3, -0.25) is 9.59 Å². The van der Waals surface area contributed by atoms with Crippen LogP contribution in [0.25, 0.3) is 10.2 Å². The third-order valence-electron chi connectivity index (χ3n) is 4.18. The lowest BCUT2D eigenvalue weighted by atomic mass is 9.89. The topological polar surface area (TPSA) is 59.1 Å². The van der Waals surface area contributed by atoms with E-state index in [1.807, 2.05) is 0 Å². The maximum atomic E-state index is 12.8. The number of nitrogens with one attached hydrogen (secondary N) is 1. The molecular weight excluding hydrogens is 377 g/mol. The van der Waals surface area contributed by atoms with E-state index >= 15 is 0 Å². The molecule has 1 aromatic heterocycles. The number of rotatable bonds is 3. The van der Waals surface area contributed by atoms with Gasteiger partial charge in [0.2, 0.25) is 0 Å². The minimum absolute atomic E-state index is 0.0604. The van der Waals surface area contributed by atoms with Crippen LogP contribution in [0.5, 0.6) is 0 Å². The van der Waals surface area contributed by atoms with Crippen LogP contribution in [0.15, 0.2) is 54.1 Å². The van der Waals surface area contributed by atoms with Gasteiger partial charge in [-0.25, -0.2) is 4.98 Å². The quantitative estimate of drug-likeness (QED) is 0.705. The lowest BCUT2D eigenvalue weighted by Crippen LogP contribution is -2.21. The van der Waals surface area contributed by atoms with Gasteiger partial charge in [-0.05, 0) is 24.3 Å². The first-order chi connectivity index (χ1) is 12.8. The van der Waals surface area contributed by atoms with Crippen LogP contribution in [-0.4, -0.2) is 23.1 Å². The number of carbonyl (C=O) groups is 2. The Balaban J connectivity index is 1.55. The molecule has 0 atom stereocenters. The number of anilines is 1. The highest BCUT2D eigenvalue weighted by molar-refractivity contribution is 7.22. The van der Waals surface area contributed by atoms with Crippen LogP contribution in [0.3, 0.4) is 0 Å². The Labute approximate surface area is 155 Å². The van der Waals surface area contributed by atoms with Crippen LogP contribution in [-0.2, 0) is 6.18 Å². The van der Waals surface area contributed by atoms with E-state index in [2.05, 4.69) is 10.3 Å². The molecule has 0 saturated heterocycles. The summed E-state index contributed by atoms with van der Waals surface area (Å²) in [6.07, 6.45) is -3.15. The molecule has 8 heteroatoms. The maximum absolute atomic E-state index is 12.8. The Kier molecular flexibility index (Phi) is 4.07. The number of aromatic nitrogens is 1. The predicted octanol–water partition coefficient (Wildman–Crippen LogP) is 4.73. The van der Waals surface area contributed by atoms with E-state index in [4.69, 9.17) is 0 Å². The van der Waals surface area contributed by atoms with Gasteiger partial charge in [0.1, 0.15) is 0 Å². The summed E-state index contributed by atoms with van der Waals surface area (Å²) in [6, 6.07) is 9.94. The Bertz CT molecular complexity index is 1120. The summed E-state index contributed by atoms with van der Waals surface area (Å²) in [6.45, 7) is 0.0604. The number of nitrogens with zero attached hydrogens (tertiary/aromatic N) is 1. The normalized spacial score (nSPS) is 14.3. The van der Waals surface area contributed by atoms with Gasteiger partial charge in [0.05, 0.1) is 15.8 Å². The standard InChI is InChI=1S/C19H11F3N2O2S/c20-19(21,22)11-5-6-16-14(8-11)24-18(27-16)23-9-10-7-15(25)12-3-1-2-4-13(12)17(10)26/h1-8H,9H2,(H,23,24). The second-order valence-corrected chi connectivity index (χ2v) is 6.99. The molecule has 4 nitrogen and oxygen atoms in total. The molecule has 0 fully saturated rings. The molecule has 27 heavy (non-hydrogen) atoms. The molecule has 4 rings (SSSR count). The van der Waals surface area contributed by atoms with E-state index in [-0.39, 0.29) is 29.2 Å². The number of carbonyl (C=O) groups excluding carboxylic acids is 2. The van der Waals surface area contributed by atoms with Crippen LogP contribution in [0.1, 0.15) is 26.3 Å². The van der Waals surface area contributed by atoms with Gasteiger partial charge in [0.15, 0.2) is 16.7 Å². The maximum Gasteiger partial charge on any atom is 0.416 e. The zero-order chi connectivity index (χ0) is 19.2. The third-order valence-corrected chi connectivity index (χ3v) is 5.17. The summed E-state index contributed by atoms with van der Waals surface area (Å²) in [5.41, 5.74) is 0.461. The molecule has 0 unspecified atom stereocenters. The Morgan fingerprint density at radius 3 is 2.52 bits per heavy atom. The van der Waals surface area contributed by atoms with E-state index in [9.17, 15) is 22.8 Å². The van der Waals surface area contributed by atoms with Crippen LogP contribution in [0, 0.1) is 0 Å². The van der Waals surface area contributed by atoms with E-state index in [0.29, 0.717) is 21.0 Å². The molecule has 0 aliphatic heterocycles. The molecule has 1 aliphatic rings. The Hall–Kier alpha value is -3.00. The molecule has 3 aromatic rings. The lowest BCUT2D eigenvalue weighted by molar-refractivity contribution is -0.137. The van der Waals surface area contributed by atoms with Crippen molar-refractivity contribution in [3.8, 4) is 0 Å². The average molecular weight is 388 g/mol. The molecule has 0 bridgehead atoms. The number of halogens is 3. The fraction of sp³-hybridized carbons (Fsp3) is 0.105. The van der Waals surface area contributed by atoms with Crippen molar-refractivity contribution in [2.45, 2.75) is 6.18 Å². The minimum Gasteiger partial charge on any atom is -0.357 e. The van der Waals surface area contributed by atoms with Crippen molar-refractivity contribution in [2.24, 2.45) is 0 Å². The molecule has 1 aliphatic carbocycles. The second-order valence-electron chi connectivity index (χ2n) is 5.96. The van der Waals surface area contributed by atoms with Crippen molar-refractivity contribution in [2.75, 3.05) is 11.9 Å². The van der Waals surface area contributed by atoms with Gasteiger partial charge in [-0.2, -0.15) is 13.2 Å². The number of Topliss-reactive ketones (excluding diaryl/α,β-unsaturated/α-hetero) is 1. The van der Waals surface area contributed by atoms with E-state index in [0.717, 1.165) is 12.1 Å². The number of ketones is 2. The van der Waals surface area contributed by atoms with Crippen LogP contribution in [0.2, 0.25) is 0 Å². The van der Waals surface area contributed by atoms with Crippen LogP contribution in [0.4, 0.5) is 18.3 Å². The first kappa shape index (κ1) is 17.4. The molecule has 136 valence electrons. The molecular formula is C19H11F3N2O2S. The molecule has 0 spiro atoms. The molecule has 1 heterocycles. The van der Waals surface area contributed by atoms with Crippen molar-refractivity contribution in [1.82, 2.24) is 4.98 Å². The number of alkyl halides is 3. The second kappa shape index (κ2) is 6.31. The number of benzene rings is 2. The SMILES string of the molecule is O=C1C=C(CNc2nc3cc(C(F)(F)F)ccc3s2)C(=O)c2ccccc21. The monoisotopic (exact) mass is 388 g/mol. The van der Waals surface area contributed by atoms with Gasteiger partial charge < -0.3 is 5.32 Å². The summed E-state index contributed by atoms with van der Waals surface area (Å²) in [5, 5.41) is 3.31. The number of fused-ring (bicyclic) bond motifs is 2. The minimum atomic E-state index is -4.43. The van der Waals surface area contributed by atoms with Gasteiger partial charge in [-0.15, -0.1) is 0 Å². The van der Waals surface area contributed by atoms with Crippen molar-refractivity contribution in [3.63, 3.8) is 0 Å². The highest BCUT2D eigenvalue weighted by Crippen LogP contribution is 2.34. The summed E-state index contributed by atoms with van der Waals surface area (Å²) < 4.78 is 39.0. The third kappa shape index (κ3) is 3.23. The predicted molar refractivity (Wildman–Crippen MR) is 96.3 cm³/mol. The smallest absolute Gasteiger partial charge is 0.357 e. The lowest BCUT2D eigenvalue weighted by Gasteiger charge is -2.14. The Morgan fingerprint density at radius 1 is 1.04 bits per heavy atom. The van der Waals surface area contributed by atoms with E-state index in [1.165, 1.54) is 23.5 Å². The van der Waals surface area contributed by atoms with Crippen LogP contribution < -0.4 is 5.32 Å². The summed E-state index contributed by atoms with van der Waals surface area (Å²) in [7, 11) is 0. The molecule has 0 amide bonds. The van der Waals surface area contributed by atoms with Crippen molar-refractivity contribution in [3.05, 3.63) is 70.8 Å². The van der Waals surface area contributed by atoms with E-state index in [1.54, 1.807) is 24.3 Å². The first-order valence-electron chi connectivity index (χ1n) is 7.93. The number of hydrogen-bond donors (Lipinski definition) is 1. The van der Waals surface area contributed by atoms with Gasteiger partial charge in [0, 0.05) is 23.2 Å². The summed E-state index contributed by atoms with van der Waals surface area (Å²) in [5.74, 6) is -0.501. The number of allylic oxidation sites excluding steroid dienone is 1. The Morgan fingerprint density at radius 2 is 1.78 bits per heavy atom. The largest absolute Gasteiger partial charge is 0.416 e. The molecule has 1 N–H and O–H groups in total. The van der Waals surface area contributed by atoms with Gasteiger partial charge >= 0.3 is 6.18 Å². The zero-order valence-electron chi connectivity index (χ0n) is 13.6. The van der Waals surface area contributed by atoms with Gasteiger partial charge in [-0.1, -0.05) is 35.6 Å². The average Bonchev–Trinajstić information content (AvgIpc) is 3.05. The van der Waals surface area contributed by atoms with Crippen LogP contribution >= 0.6 is 11.3 Å². The van der Waals surface area contributed by atoms with Crippen molar-refractivity contribution < 1.29 is 22.8 Å². The zero-order valence-corrected chi connectivity index (χ0v) is 14.4. The number of thiazole rings is 1. The fourth-order valence-corrected chi connectivity index (χ4v) is 3.69. The molecule has 0 saturated carbocycles. The molecule has 0 radical (unpaired) electrons. The molecule has 2 aromatic carbocycles. The number of hydrogen-bond acceptors (Lipinski definition) is 5. The highest BCUT2D eigenvalue weighted by Gasteiger charge is 2.31. The summed E-state index contributed by atoms with van der Waals surface area (Å²) >= 11 is 1.18. The van der Waals surface area contributed by atoms with Crippen molar-refractivity contribution in [1.29, 1.82) is 0 Å². The highest BCUT2D eigenvalue weighted by atomic mass is 32.1. The van der Waals surface area contributed by atoms with E-state index < -0.39 is 11.7 Å². The summed E-state index contributed by atoms with van der Waals surface area (Å²) in [4.78, 5) is 28.8. The van der Waals surface area contributed by atoms with Gasteiger partial charge in [0.25, 0.3) is 0 Å². The van der Waals surface area contributed by atoms with Crippen molar-refractivity contribution >= 4 is 38.3 Å².